The molecule has 0 fully saturated rings. The normalized spacial score (nSPS) is 10.6. The van der Waals surface area contributed by atoms with Crippen molar-refractivity contribution in [2.24, 2.45) is 0 Å². The van der Waals surface area contributed by atoms with Gasteiger partial charge in [0.2, 0.25) is 5.69 Å². The van der Waals surface area contributed by atoms with E-state index in [0.29, 0.717) is 17.3 Å². The first-order valence-corrected chi connectivity index (χ1v) is 7.65. The summed E-state index contributed by atoms with van der Waals surface area (Å²) in [6.45, 7) is 4.11. The lowest BCUT2D eigenvalue weighted by atomic mass is 10.3. The number of aromatic nitrogens is 3. The molecule has 1 amide bonds. The van der Waals surface area contributed by atoms with Gasteiger partial charge in [0.05, 0.1) is 5.69 Å². The van der Waals surface area contributed by atoms with Crippen LogP contribution in [0.2, 0.25) is 5.02 Å². The first-order valence-electron chi connectivity index (χ1n) is 7.27. The highest BCUT2D eigenvalue weighted by atomic mass is 35.5. The quantitative estimate of drug-likeness (QED) is 0.889. The Morgan fingerprint density at radius 1 is 1.22 bits per heavy atom. The molecule has 0 atom stereocenters. The van der Waals surface area contributed by atoms with E-state index in [1.165, 1.54) is 0 Å². The van der Waals surface area contributed by atoms with Crippen LogP contribution in [0, 0.1) is 0 Å². The van der Waals surface area contributed by atoms with Crippen LogP contribution in [0.15, 0.2) is 33.9 Å². The first-order chi connectivity index (χ1) is 11.0. The van der Waals surface area contributed by atoms with Gasteiger partial charge in [0.25, 0.3) is 11.5 Å². The maximum atomic E-state index is 12.4. The maximum absolute atomic E-state index is 12.4. The van der Waals surface area contributed by atoms with E-state index < -0.39 is 17.2 Å². The Morgan fingerprint density at radius 2 is 1.87 bits per heavy atom. The van der Waals surface area contributed by atoms with Crippen LogP contribution >= 0.6 is 11.6 Å². The SMILES string of the molecule is CCCNC(=O)c1nn(-c2ccc(Cl)cc2)c(=O)n(CC)c1=O. The summed E-state index contributed by atoms with van der Waals surface area (Å²) >= 11 is 5.83. The number of nitrogens with zero attached hydrogens (tertiary/aromatic N) is 3. The monoisotopic (exact) mass is 336 g/mol. The molecular weight excluding hydrogens is 320 g/mol. The molecule has 0 spiro atoms. The highest BCUT2D eigenvalue weighted by Crippen LogP contribution is 2.11. The Morgan fingerprint density at radius 3 is 2.43 bits per heavy atom. The van der Waals surface area contributed by atoms with Crippen LogP contribution in [0.5, 0.6) is 0 Å². The summed E-state index contributed by atoms with van der Waals surface area (Å²) < 4.78 is 2.00. The summed E-state index contributed by atoms with van der Waals surface area (Å²) in [6.07, 6.45) is 0.727. The van der Waals surface area contributed by atoms with E-state index in [0.717, 1.165) is 15.7 Å². The molecule has 0 saturated carbocycles. The molecule has 0 aliphatic carbocycles. The smallest absolute Gasteiger partial charge is 0.350 e. The summed E-state index contributed by atoms with van der Waals surface area (Å²) in [5, 5.41) is 7.05. The van der Waals surface area contributed by atoms with Crippen molar-refractivity contribution in [3.05, 3.63) is 55.8 Å². The second kappa shape index (κ2) is 7.23. The molecule has 1 N–H and O–H groups in total. The topological polar surface area (TPSA) is 86.0 Å². The number of amides is 1. The molecule has 7 nitrogen and oxygen atoms in total. The third kappa shape index (κ3) is 3.50. The van der Waals surface area contributed by atoms with Crippen LogP contribution in [0.1, 0.15) is 30.8 Å². The summed E-state index contributed by atoms with van der Waals surface area (Å²) in [5.41, 5.74) is -1.19. The number of hydrogen-bond acceptors (Lipinski definition) is 4. The summed E-state index contributed by atoms with van der Waals surface area (Å²) in [4.78, 5) is 36.8. The highest BCUT2D eigenvalue weighted by Gasteiger charge is 2.19. The van der Waals surface area contributed by atoms with Gasteiger partial charge in [-0.05, 0) is 37.6 Å². The molecule has 1 heterocycles. The number of hydrogen-bond donors (Lipinski definition) is 1. The third-order valence-electron chi connectivity index (χ3n) is 3.20. The van der Waals surface area contributed by atoms with Gasteiger partial charge in [-0.25, -0.2) is 4.79 Å². The van der Waals surface area contributed by atoms with Gasteiger partial charge in [0.1, 0.15) is 0 Å². The molecule has 122 valence electrons. The number of carbonyl (C=O) groups excluding carboxylic acids is 1. The fourth-order valence-corrected chi connectivity index (χ4v) is 2.13. The van der Waals surface area contributed by atoms with Crippen molar-refractivity contribution in [1.82, 2.24) is 19.7 Å². The van der Waals surface area contributed by atoms with E-state index in [9.17, 15) is 14.4 Å². The predicted molar refractivity (Wildman–Crippen MR) is 87.4 cm³/mol. The molecular formula is C15H17ClN4O3. The molecule has 8 heteroatoms. The van der Waals surface area contributed by atoms with E-state index in [4.69, 9.17) is 11.6 Å². The van der Waals surface area contributed by atoms with Gasteiger partial charge in [0.15, 0.2) is 0 Å². The van der Waals surface area contributed by atoms with E-state index in [2.05, 4.69) is 10.4 Å². The molecule has 2 rings (SSSR count). The lowest BCUT2D eigenvalue weighted by molar-refractivity contribution is 0.0944. The van der Waals surface area contributed by atoms with Gasteiger partial charge in [-0.15, -0.1) is 0 Å². The van der Waals surface area contributed by atoms with Crippen LogP contribution < -0.4 is 16.6 Å². The molecule has 0 bridgehead atoms. The molecule has 0 unspecified atom stereocenters. The Bertz CT molecular complexity index is 824. The van der Waals surface area contributed by atoms with E-state index in [1.54, 1.807) is 31.2 Å². The van der Waals surface area contributed by atoms with Crippen molar-refractivity contribution in [3.63, 3.8) is 0 Å². The van der Waals surface area contributed by atoms with Crippen LogP contribution in [-0.4, -0.2) is 26.8 Å². The van der Waals surface area contributed by atoms with Gasteiger partial charge >= 0.3 is 5.69 Å². The molecule has 1 aromatic heterocycles. The van der Waals surface area contributed by atoms with Gasteiger partial charge < -0.3 is 5.32 Å². The Balaban J connectivity index is 2.63. The molecule has 23 heavy (non-hydrogen) atoms. The summed E-state index contributed by atoms with van der Waals surface area (Å²) in [5.74, 6) is -0.596. The predicted octanol–water partition coefficient (Wildman–Crippen LogP) is 1.21. The van der Waals surface area contributed by atoms with Crippen molar-refractivity contribution >= 4 is 17.5 Å². The highest BCUT2D eigenvalue weighted by molar-refractivity contribution is 6.30. The molecule has 0 radical (unpaired) electrons. The first kappa shape index (κ1) is 17.0. The van der Waals surface area contributed by atoms with Crippen LogP contribution in [-0.2, 0) is 6.54 Å². The fraction of sp³-hybridized carbons (Fsp3) is 0.333. The van der Waals surface area contributed by atoms with Crippen molar-refractivity contribution in [2.45, 2.75) is 26.8 Å². The second-order valence-corrected chi connectivity index (χ2v) is 5.26. The van der Waals surface area contributed by atoms with Gasteiger partial charge in [-0.2, -0.15) is 9.78 Å². The van der Waals surface area contributed by atoms with Crippen LogP contribution in [0.25, 0.3) is 5.69 Å². The largest absolute Gasteiger partial charge is 0.352 e. The van der Waals surface area contributed by atoms with Crippen molar-refractivity contribution in [2.75, 3.05) is 6.54 Å². The third-order valence-corrected chi connectivity index (χ3v) is 3.45. The zero-order chi connectivity index (χ0) is 17.0. The van der Waals surface area contributed by atoms with Gasteiger partial charge in [-0.3, -0.25) is 14.2 Å². The molecule has 0 saturated heterocycles. The number of rotatable bonds is 5. The average Bonchev–Trinajstić information content (AvgIpc) is 2.54. The number of benzene rings is 1. The van der Waals surface area contributed by atoms with E-state index in [1.807, 2.05) is 6.92 Å². The maximum Gasteiger partial charge on any atom is 0.352 e. The molecule has 0 aliphatic rings. The number of halogens is 1. The van der Waals surface area contributed by atoms with E-state index in [-0.39, 0.29) is 12.2 Å². The molecule has 0 aliphatic heterocycles. The minimum Gasteiger partial charge on any atom is -0.350 e. The fourth-order valence-electron chi connectivity index (χ4n) is 2.01. The van der Waals surface area contributed by atoms with Gasteiger partial charge in [-0.1, -0.05) is 18.5 Å². The van der Waals surface area contributed by atoms with Crippen molar-refractivity contribution < 1.29 is 4.79 Å². The Hall–Kier alpha value is -2.41. The van der Waals surface area contributed by atoms with Crippen LogP contribution in [0.4, 0.5) is 0 Å². The lowest BCUT2D eigenvalue weighted by Crippen LogP contribution is -2.45. The number of nitrogens with one attached hydrogen (secondary N) is 1. The molecule has 2 aromatic rings. The number of carbonyl (C=O) groups is 1. The van der Waals surface area contributed by atoms with Crippen molar-refractivity contribution in [1.29, 1.82) is 0 Å². The second-order valence-electron chi connectivity index (χ2n) is 4.82. The minimum atomic E-state index is -0.698. The zero-order valence-corrected chi connectivity index (χ0v) is 13.6. The van der Waals surface area contributed by atoms with Crippen LogP contribution in [0.3, 0.4) is 0 Å². The standard InChI is InChI=1S/C15H17ClN4O3/c1-3-9-17-13(21)12-14(22)19(4-2)15(23)20(18-12)11-7-5-10(16)6-8-11/h5-8H,3-4,9H2,1-2H3,(H,17,21). The van der Waals surface area contributed by atoms with Crippen molar-refractivity contribution in [3.8, 4) is 5.69 Å². The zero-order valence-electron chi connectivity index (χ0n) is 12.9. The Kier molecular flexibility index (Phi) is 5.33. The summed E-state index contributed by atoms with van der Waals surface area (Å²) in [6, 6.07) is 6.39. The summed E-state index contributed by atoms with van der Waals surface area (Å²) in [7, 11) is 0. The van der Waals surface area contributed by atoms with E-state index >= 15 is 0 Å². The average molecular weight is 337 g/mol. The Labute approximate surface area is 137 Å². The lowest BCUT2D eigenvalue weighted by Gasteiger charge is -2.10. The van der Waals surface area contributed by atoms with Gasteiger partial charge in [0, 0.05) is 18.1 Å². The minimum absolute atomic E-state index is 0.141. The molecule has 1 aromatic carbocycles.